The largest absolute Gasteiger partial charge is 0.480 e. The molecule has 4 N–H and O–H groups in total. The quantitative estimate of drug-likeness (QED) is 0.621. The molecule has 1 fully saturated rings. The van der Waals surface area contributed by atoms with Gasteiger partial charge in [0.1, 0.15) is 6.04 Å². The minimum Gasteiger partial charge on any atom is -0.480 e. The van der Waals surface area contributed by atoms with Gasteiger partial charge in [0.15, 0.2) is 0 Å². The van der Waals surface area contributed by atoms with Crippen LogP contribution in [0.3, 0.4) is 0 Å². The highest BCUT2D eigenvalue weighted by Crippen LogP contribution is 2.39. The predicted molar refractivity (Wildman–Crippen MR) is 72.2 cm³/mol. The van der Waals surface area contributed by atoms with Crippen molar-refractivity contribution < 1.29 is 14.7 Å². The number of hydrogen-bond acceptors (Lipinski definition) is 3. The van der Waals surface area contributed by atoms with E-state index in [9.17, 15) is 9.59 Å². The van der Waals surface area contributed by atoms with Crippen molar-refractivity contribution in [3.05, 3.63) is 18.2 Å². The Balaban J connectivity index is 1.81. The number of carboxylic acids is 1. The monoisotopic (exact) mass is 280 g/mol. The zero-order chi connectivity index (χ0) is 14.6. The number of aliphatic carboxylic acids is 1. The number of hydrogen-bond donors (Lipinski definition) is 4. The number of aromatic nitrogens is 2. The Morgan fingerprint density at radius 2 is 2.30 bits per heavy atom. The molecule has 0 radical (unpaired) electrons. The Morgan fingerprint density at radius 1 is 1.55 bits per heavy atom. The van der Waals surface area contributed by atoms with Crippen LogP contribution in [0.15, 0.2) is 12.5 Å². The number of aromatic amines is 1. The number of imidazole rings is 1. The number of carbonyl (C=O) groups is 2. The summed E-state index contributed by atoms with van der Waals surface area (Å²) in [6.07, 6.45) is 6.60. The summed E-state index contributed by atoms with van der Waals surface area (Å²) >= 11 is 0. The first-order valence-electron chi connectivity index (χ1n) is 6.73. The Hall–Kier alpha value is -2.05. The minimum absolute atomic E-state index is 0.166. The van der Waals surface area contributed by atoms with Gasteiger partial charge in [0, 0.05) is 24.9 Å². The normalized spacial score (nSPS) is 17.9. The molecule has 0 unspecified atom stereocenters. The topological polar surface area (TPSA) is 107 Å². The number of carbonyl (C=O) groups excluding carboxylic acids is 1. The summed E-state index contributed by atoms with van der Waals surface area (Å²) in [5, 5.41) is 14.4. The van der Waals surface area contributed by atoms with E-state index in [1.54, 1.807) is 6.20 Å². The fourth-order valence-corrected chi connectivity index (χ4v) is 2.28. The number of rotatable bonds is 6. The lowest BCUT2D eigenvalue weighted by atomic mass is 9.70. The number of carboxylic acid groups (broad SMARTS) is 1. The highest BCUT2D eigenvalue weighted by Gasteiger charge is 2.32. The smallest absolute Gasteiger partial charge is 0.326 e. The molecule has 110 valence electrons. The van der Waals surface area contributed by atoms with Gasteiger partial charge in [0.2, 0.25) is 0 Å². The number of H-pyrrole nitrogens is 1. The lowest BCUT2D eigenvalue weighted by Gasteiger charge is -2.38. The van der Waals surface area contributed by atoms with Gasteiger partial charge >= 0.3 is 12.0 Å². The van der Waals surface area contributed by atoms with Gasteiger partial charge in [-0.3, -0.25) is 0 Å². The van der Waals surface area contributed by atoms with Gasteiger partial charge in [-0.2, -0.15) is 0 Å². The van der Waals surface area contributed by atoms with Crippen molar-refractivity contribution in [2.75, 3.05) is 6.54 Å². The van der Waals surface area contributed by atoms with Crippen molar-refractivity contribution in [3.63, 3.8) is 0 Å². The van der Waals surface area contributed by atoms with Crippen molar-refractivity contribution in [1.82, 2.24) is 20.6 Å². The van der Waals surface area contributed by atoms with Crippen LogP contribution in [0, 0.1) is 5.41 Å². The molecule has 1 saturated carbocycles. The predicted octanol–water partition coefficient (Wildman–Crippen LogP) is 0.895. The highest BCUT2D eigenvalue weighted by atomic mass is 16.4. The molecule has 20 heavy (non-hydrogen) atoms. The second-order valence-electron chi connectivity index (χ2n) is 5.66. The fraction of sp³-hybridized carbons (Fsp3) is 0.615. The van der Waals surface area contributed by atoms with Gasteiger partial charge in [-0.1, -0.05) is 13.3 Å². The Kier molecular flexibility index (Phi) is 4.26. The first-order chi connectivity index (χ1) is 9.48. The Labute approximate surface area is 117 Å². The van der Waals surface area contributed by atoms with Gasteiger partial charge in [-0.15, -0.1) is 0 Å². The van der Waals surface area contributed by atoms with Crippen LogP contribution in [-0.2, 0) is 11.2 Å². The third kappa shape index (κ3) is 3.72. The minimum atomic E-state index is -1.07. The van der Waals surface area contributed by atoms with Gasteiger partial charge in [0.05, 0.1) is 6.33 Å². The summed E-state index contributed by atoms with van der Waals surface area (Å²) in [4.78, 5) is 29.6. The molecule has 0 aromatic carbocycles. The van der Waals surface area contributed by atoms with Gasteiger partial charge in [0.25, 0.3) is 0 Å². The van der Waals surface area contributed by atoms with Crippen LogP contribution in [0.25, 0.3) is 0 Å². The Bertz CT molecular complexity index is 468. The molecule has 0 spiro atoms. The van der Waals surface area contributed by atoms with Gasteiger partial charge < -0.3 is 20.7 Å². The summed E-state index contributed by atoms with van der Waals surface area (Å²) in [5.41, 5.74) is 0.836. The van der Waals surface area contributed by atoms with Crippen molar-refractivity contribution in [3.8, 4) is 0 Å². The SMILES string of the molecule is CC1(CNC(=O)N[C@@H](Cc2cnc[nH]2)C(=O)O)CCC1. The van der Waals surface area contributed by atoms with Crippen LogP contribution in [0.5, 0.6) is 0 Å². The molecule has 2 amide bonds. The molecule has 1 atom stereocenters. The van der Waals surface area contributed by atoms with Crippen LogP contribution < -0.4 is 10.6 Å². The van der Waals surface area contributed by atoms with Crippen LogP contribution in [0.2, 0.25) is 0 Å². The third-order valence-electron chi connectivity index (χ3n) is 3.82. The maximum Gasteiger partial charge on any atom is 0.326 e. The van der Waals surface area contributed by atoms with Crippen LogP contribution in [0.4, 0.5) is 4.79 Å². The lowest BCUT2D eigenvalue weighted by molar-refractivity contribution is -0.139. The number of nitrogens with one attached hydrogen (secondary N) is 3. The lowest BCUT2D eigenvalue weighted by Crippen LogP contribution is -2.50. The number of nitrogens with zero attached hydrogens (tertiary/aromatic N) is 1. The second kappa shape index (κ2) is 5.94. The van der Waals surface area contributed by atoms with E-state index >= 15 is 0 Å². The van der Waals surface area contributed by atoms with Crippen molar-refractivity contribution in [1.29, 1.82) is 0 Å². The third-order valence-corrected chi connectivity index (χ3v) is 3.82. The molecule has 1 heterocycles. The van der Waals surface area contributed by atoms with Crippen molar-refractivity contribution in [2.24, 2.45) is 5.41 Å². The van der Waals surface area contributed by atoms with E-state index in [0.29, 0.717) is 12.2 Å². The fourth-order valence-electron chi connectivity index (χ4n) is 2.28. The van der Waals surface area contributed by atoms with E-state index in [4.69, 9.17) is 5.11 Å². The first kappa shape index (κ1) is 14.4. The number of urea groups is 1. The molecule has 1 aliphatic carbocycles. The van der Waals surface area contributed by atoms with E-state index in [0.717, 1.165) is 12.8 Å². The molecule has 1 aliphatic rings. The molecule has 7 heteroatoms. The molecular formula is C13H20N4O3. The molecule has 0 bridgehead atoms. The van der Waals surface area contributed by atoms with E-state index in [-0.39, 0.29) is 11.8 Å². The maximum atomic E-state index is 11.8. The van der Waals surface area contributed by atoms with Crippen molar-refractivity contribution in [2.45, 2.75) is 38.6 Å². The zero-order valence-corrected chi connectivity index (χ0v) is 11.5. The van der Waals surface area contributed by atoms with Crippen molar-refractivity contribution >= 4 is 12.0 Å². The van der Waals surface area contributed by atoms with E-state index in [1.165, 1.54) is 12.7 Å². The van der Waals surface area contributed by atoms with Crippen LogP contribution in [-0.4, -0.2) is 39.7 Å². The number of amides is 2. The molecule has 2 rings (SSSR count). The zero-order valence-electron chi connectivity index (χ0n) is 11.5. The molecule has 7 nitrogen and oxygen atoms in total. The summed E-state index contributed by atoms with van der Waals surface area (Å²) in [7, 11) is 0. The molecule has 1 aromatic heterocycles. The van der Waals surface area contributed by atoms with Crippen LogP contribution >= 0.6 is 0 Å². The van der Waals surface area contributed by atoms with E-state index in [2.05, 4.69) is 27.5 Å². The van der Waals surface area contributed by atoms with E-state index < -0.39 is 18.0 Å². The average molecular weight is 280 g/mol. The Morgan fingerprint density at radius 3 is 2.80 bits per heavy atom. The molecule has 1 aromatic rings. The summed E-state index contributed by atoms with van der Waals surface area (Å²) in [6.45, 7) is 2.70. The molecule has 0 saturated heterocycles. The summed E-state index contributed by atoms with van der Waals surface area (Å²) in [5.74, 6) is -1.07. The molecule has 0 aliphatic heterocycles. The van der Waals surface area contributed by atoms with Gasteiger partial charge in [-0.25, -0.2) is 14.6 Å². The molecular weight excluding hydrogens is 260 g/mol. The maximum absolute atomic E-state index is 11.8. The average Bonchev–Trinajstić information content (AvgIpc) is 2.86. The summed E-state index contributed by atoms with van der Waals surface area (Å²) in [6, 6.07) is -1.41. The first-order valence-corrected chi connectivity index (χ1v) is 6.73. The highest BCUT2D eigenvalue weighted by molar-refractivity contribution is 5.82. The summed E-state index contributed by atoms with van der Waals surface area (Å²) < 4.78 is 0. The second-order valence-corrected chi connectivity index (χ2v) is 5.66. The van der Waals surface area contributed by atoms with E-state index in [1.807, 2.05) is 0 Å². The standard InChI is InChI=1S/C13H20N4O3/c1-13(3-2-4-13)7-15-12(20)17-10(11(18)19)5-9-6-14-8-16-9/h6,8,10H,2-5,7H2,1H3,(H,14,16)(H,18,19)(H2,15,17,20)/t10-/m0/s1. The van der Waals surface area contributed by atoms with Crippen LogP contribution in [0.1, 0.15) is 31.9 Å². The van der Waals surface area contributed by atoms with Gasteiger partial charge in [-0.05, 0) is 18.3 Å².